The molecule has 0 aromatic carbocycles. The average molecular weight is 265 g/mol. The number of rotatable bonds is 5. The van der Waals surface area contributed by atoms with E-state index in [0.717, 1.165) is 18.1 Å². The Morgan fingerprint density at radius 1 is 1.42 bits per heavy atom. The van der Waals surface area contributed by atoms with Crippen molar-refractivity contribution in [3.05, 3.63) is 24.2 Å². The quantitative estimate of drug-likeness (QED) is 0.882. The molecular weight excluding hydrogens is 238 g/mol. The highest BCUT2D eigenvalue weighted by molar-refractivity contribution is 5.03. The topological polar surface area (TPSA) is 48.4 Å². The van der Waals surface area contributed by atoms with Crippen molar-refractivity contribution in [2.45, 2.75) is 52.2 Å². The van der Waals surface area contributed by atoms with Crippen LogP contribution < -0.4 is 5.73 Å². The lowest BCUT2D eigenvalue weighted by Crippen LogP contribution is -2.36. The van der Waals surface area contributed by atoms with Crippen molar-refractivity contribution in [2.75, 3.05) is 6.54 Å². The van der Waals surface area contributed by atoms with Gasteiger partial charge in [-0.1, -0.05) is 27.2 Å². The Kier molecular flexibility index (Phi) is 5.06. The van der Waals surface area contributed by atoms with Crippen molar-refractivity contribution in [1.29, 1.82) is 0 Å². The second-order valence-electron chi connectivity index (χ2n) is 6.24. The third kappa shape index (κ3) is 3.61. The molecule has 3 heteroatoms. The van der Waals surface area contributed by atoms with E-state index in [1.54, 1.807) is 6.26 Å². The molecule has 0 saturated heterocycles. The summed E-state index contributed by atoms with van der Waals surface area (Å²) >= 11 is 0. The molecule has 1 heterocycles. The van der Waals surface area contributed by atoms with Crippen molar-refractivity contribution < 1.29 is 9.15 Å². The van der Waals surface area contributed by atoms with Gasteiger partial charge in [0.05, 0.1) is 12.4 Å². The van der Waals surface area contributed by atoms with E-state index in [2.05, 4.69) is 20.8 Å². The van der Waals surface area contributed by atoms with Crippen LogP contribution in [0.4, 0.5) is 0 Å². The molecular formula is C16H27NO2. The molecule has 19 heavy (non-hydrogen) atoms. The summed E-state index contributed by atoms with van der Waals surface area (Å²) in [5.41, 5.74) is 5.85. The molecule has 4 atom stereocenters. The van der Waals surface area contributed by atoms with Gasteiger partial charge in [-0.05, 0) is 42.7 Å². The maximum atomic E-state index is 6.31. The summed E-state index contributed by atoms with van der Waals surface area (Å²) in [7, 11) is 0. The molecule has 0 amide bonds. The van der Waals surface area contributed by atoms with Crippen LogP contribution >= 0.6 is 0 Å². The van der Waals surface area contributed by atoms with Crippen LogP contribution in [-0.4, -0.2) is 12.6 Å². The summed E-state index contributed by atoms with van der Waals surface area (Å²) in [6.07, 6.45) is 5.61. The Hall–Kier alpha value is -0.800. The molecule has 1 aliphatic carbocycles. The highest BCUT2D eigenvalue weighted by Gasteiger charge is 2.33. The summed E-state index contributed by atoms with van der Waals surface area (Å²) in [5.74, 6) is 2.89. The van der Waals surface area contributed by atoms with E-state index in [1.165, 1.54) is 12.8 Å². The summed E-state index contributed by atoms with van der Waals surface area (Å²) in [6.45, 7) is 7.38. The predicted molar refractivity (Wildman–Crippen MR) is 76.7 cm³/mol. The van der Waals surface area contributed by atoms with E-state index in [0.29, 0.717) is 24.5 Å². The van der Waals surface area contributed by atoms with Gasteiger partial charge in [0.15, 0.2) is 0 Å². The first-order valence-corrected chi connectivity index (χ1v) is 7.50. The van der Waals surface area contributed by atoms with E-state index >= 15 is 0 Å². The SMILES string of the molecule is CC1CCC(C(C)C)C(OC(CN)c2ccco2)C1. The largest absolute Gasteiger partial charge is 0.467 e. The Morgan fingerprint density at radius 2 is 2.21 bits per heavy atom. The van der Waals surface area contributed by atoms with Crippen LogP contribution in [0.2, 0.25) is 0 Å². The zero-order chi connectivity index (χ0) is 13.8. The zero-order valence-corrected chi connectivity index (χ0v) is 12.3. The molecule has 0 radical (unpaired) electrons. The normalized spacial score (nSPS) is 29.6. The lowest BCUT2D eigenvalue weighted by Gasteiger charge is -2.38. The fraction of sp³-hybridized carbons (Fsp3) is 0.750. The Labute approximate surface area is 116 Å². The third-order valence-corrected chi connectivity index (χ3v) is 4.37. The Bertz CT molecular complexity index is 361. The minimum Gasteiger partial charge on any atom is -0.467 e. The molecule has 3 nitrogen and oxygen atoms in total. The second-order valence-corrected chi connectivity index (χ2v) is 6.24. The van der Waals surface area contributed by atoms with Gasteiger partial charge in [-0.15, -0.1) is 0 Å². The molecule has 0 bridgehead atoms. The molecule has 1 fully saturated rings. The van der Waals surface area contributed by atoms with Crippen molar-refractivity contribution in [3.8, 4) is 0 Å². The van der Waals surface area contributed by atoms with Crippen molar-refractivity contribution >= 4 is 0 Å². The number of hydrogen-bond acceptors (Lipinski definition) is 3. The van der Waals surface area contributed by atoms with Gasteiger partial charge in [-0.2, -0.15) is 0 Å². The summed E-state index contributed by atoms with van der Waals surface area (Å²) in [5, 5.41) is 0. The molecule has 2 N–H and O–H groups in total. The predicted octanol–water partition coefficient (Wildman–Crippen LogP) is 3.76. The maximum absolute atomic E-state index is 6.31. The lowest BCUT2D eigenvalue weighted by molar-refractivity contribution is -0.0848. The first kappa shape index (κ1) is 14.6. The van der Waals surface area contributed by atoms with Crippen molar-refractivity contribution in [2.24, 2.45) is 23.5 Å². The first-order chi connectivity index (χ1) is 9.11. The van der Waals surface area contributed by atoms with Crippen LogP contribution in [0.1, 0.15) is 51.9 Å². The van der Waals surface area contributed by atoms with E-state index in [1.807, 2.05) is 12.1 Å². The van der Waals surface area contributed by atoms with Crippen molar-refractivity contribution in [3.63, 3.8) is 0 Å². The first-order valence-electron chi connectivity index (χ1n) is 7.50. The number of furan rings is 1. The van der Waals surface area contributed by atoms with E-state index < -0.39 is 0 Å². The van der Waals surface area contributed by atoms with Crippen LogP contribution in [0.25, 0.3) is 0 Å². The Balaban J connectivity index is 2.05. The smallest absolute Gasteiger partial charge is 0.133 e. The molecule has 2 rings (SSSR count). The minimum absolute atomic E-state index is 0.105. The van der Waals surface area contributed by atoms with Crippen LogP contribution in [-0.2, 0) is 4.74 Å². The minimum atomic E-state index is -0.105. The molecule has 1 aliphatic rings. The fourth-order valence-corrected chi connectivity index (χ4v) is 3.20. The van der Waals surface area contributed by atoms with Crippen LogP contribution in [0.3, 0.4) is 0 Å². The molecule has 1 saturated carbocycles. The van der Waals surface area contributed by atoms with Gasteiger partial charge in [-0.25, -0.2) is 0 Å². The van der Waals surface area contributed by atoms with Gasteiger partial charge in [-0.3, -0.25) is 0 Å². The standard InChI is InChI=1S/C16H27NO2/c1-11(2)13-7-6-12(3)9-15(13)19-16(10-17)14-5-4-8-18-14/h4-5,8,11-13,15-16H,6-7,9-10,17H2,1-3H3. The van der Waals surface area contributed by atoms with Gasteiger partial charge in [0.1, 0.15) is 11.9 Å². The summed E-state index contributed by atoms with van der Waals surface area (Å²) in [4.78, 5) is 0. The maximum Gasteiger partial charge on any atom is 0.133 e. The van der Waals surface area contributed by atoms with Crippen LogP contribution in [0.5, 0.6) is 0 Å². The molecule has 0 spiro atoms. The number of nitrogens with two attached hydrogens (primary N) is 1. The van der Waals surface area contributed by atoms with E-state index in [9.17, 15) is 0 Å². The van der Waals surface area contributed by atoms with E-state index in [4.69, 9.17) is 14.9 Å². The zero-order valence-electron chi connectivity index (χ0n) is 12.3. The summed E-state index contributed by atoms with van der Waals surface area (Å²) in [6, 6.07) is 3.85. The number of hydrogen-bond donors (Lipinski definition) is 1. The Morgan fingerprint density at radius 3 is 2.79 bits per heavy atom. The molecule has 1 aromatic heterocycles. The van der Waals surface area contributed by atoms with Gasteiger partial charge in [0.2, 0.25) is 0 Å². The van der Waals surface area contributed by atoms with Gasteiger partial charge < -0.3 is 14.9 Å². The van der Waals surface area contributed by atoms with Gasteiger partial charge in [0, 0.05) is 6.54 Å². The van der Waals surface area contributed by atoms with E-state index in [-0.39, 0.29) is 6.10 Å². The summed E-state index contributed by atoms with van der Waals surface area (Å²) < 4.78 is 11.8. The van der Waals surface area contributed by atoms with Gasteiger partial charge >= 0.3 is 0 Å². The van der Waals surface area contributed by atoms with Gasteiger partial charge in [0.25, 0.3) is 0 Å². The van der Waals surface area contributed by atoms with Crippen LogP contribution in [0, 0.1) is 17.8 Å². The molecule has 0 aliphatic heterocycles. The lowest BCUT2D eigenvalue weighted by atomic mass is 9.75. The van der Waals surface area contributed by atoms with Crippen molar-refractivity contribution in [1.82, 2.24) is 0 Å². The third-order valence-electron chi connectivity index (χ3n) is 4.37. The second kappa shape index (κ2) is 6.58. The molecule has 108 valence electrons. The monoisotopic (exact) mass is 265 g/mol. The average Bonchev–Trinajstić information content (AvgIpc) is 2.89. The highest BCUT2D eigenvalue weighted by Crippen LogP contribution is 2.37. The molecule has 4 unspecified atom stereocenters. The fourth-order valence-electron chi connectivity index (χ4n) is 3.20. The highest BCUT2D eigenvalue weighted by atomic mass is 16.5. The number of ether oxygens (including phenoxy) is 1. The molecule has 1 aromatic rings. The van der Waals surface area contributed by atoms with Crippen LogP contribution in [0.15, 0.2) is 22.8 Å².